The van der Waals surface area contributed by atoms with Gasteiger partial charge >= 0.3 is 5.82 Å². The van der Waals surface area contributed by atoms with E-state index in [0.717, 1.165) is 0 Å². The van der Waals surface area contributed by atoms with Gasteiger partial charge in [-0.1, -0.05) is 0 Å². The average molecular weight is 254 g/mol. The van der Waals surface area contributed by atoms with Crippen molar-refractivity contribution in [2.45, 2.75) is 40.0 Å². The first-order valence-corrected chi connectivity index (χ1v) is 5.52. The van der Waals surface area contributed by atoms with Crippen LogP contribution in [0, 0.1) is 6.92 Å². The summed E-state index contributed by atoms with van der Waals surface area (Å²) in [6.45, 7) is 6.03. The monoisotopic (exact) mass is 254 g/mol. The fraction of sp³-hybridized carbons (Fsp3) is 0.600. The minimum Gasteiger partial charge on any atom is -0.396 e. The van der Waals surface area contributed by atoms with Crippen LogP contribution in [-0.4, -0.2) is 26.3 Å². The van der Waals surface area contributed by atoms with Gasteiger partial charge in [-0.2, -0.15) is 0 Å². The quantitative estimate of drug-likeness (QED) is 0.766. The molecule has 0 unspecified atom stereocenters. The van der Waals surface area contributed by atoms with Gasteiger partial charge in [0.2, 0.25) is 0 Å². The number of hydrogen-bond donors (Lipinski definition) is 0. The minimum absolute atomic E-state index is 0.0868. The summed E-state index contributed by atoms with van der Waals surface area (Å²) >= 11 is 0. The summed E-state index contributed by atoms with van der Waals surface area (Å²) in [6.07, 6.45) is 0.0868. The van der Waals surface area contributed by atoms with E-state index in [4.69, 9.17) is 13.6 Å². The number of tetrazole rings is 1. The Morgan fingerprint density at radius 3 is 2.78 bits per heavy atom. The van der Waals surface area contributed by atoms with Crippen molar-refractivity contribution in [2.75, 3.05) is 0 Å². The molecule has 98 valence electrons. The summed E-state index contributed by atoms with van der Waals surface area (Å²) in [6, 6.07) is 0. The molecule has 2 aromatic rings. The average Bonchev–Trinajstić information content (AvgIpc) is 2.84. The van der Waals surface area contributed by atoms with Gasteiger partial charge in [-0.05, 0) is 31.2 Å². The van der Waals surface area contributed by atoms with Gasteiger partial charge in [0.15, 0.2) is 11.6 Å². The molecule has 0 bridgehead atoms. The molecule has 2 heterocycles. The van der Waals surface area contributed by atoms with Crippen molar-refractivity contribution in [1.82, 2.24) is 20.2 Å². The molecular formula is C10H14N4O4. The highest BCUT2D eigenvalue weighted by atomic mass is 16.6. The second kappa shape index (κ2) is 5.13. The third-order valence-corrected chi connectivity index (χ3v) is 2.28. The molecule has 0 atom stereocenters. The van der Waals surface area contributed by atoms with Crippen molar-refractivity contribution in [1.29, 1.82) is 0 Å². The number of aromatic nitrogens is 4. The number of nitrogens with zero attached hydrogens (tertiary/aromatic N) is 4. The summed E-state index contributed by atoms with van der Waals surface area (Å²) in [5, 5.41) is 11.2. The largest absolute Gasteiger partial charge is 0.519 e. The standard InChI is InChI=1S/C10H14N4O4/c1-6(2)16-5-9-11-12-13-14(9)4-8-7(3)17-10(15)18-8/h6H,4-5H2,1-3H3. The number of aryl methyl sites for hydroxylation is 1. The first-order chi connectivity index (χ1) is 8.56. The topological polar surface area (TPSA) is 96.2 Å². The van der Waals surface area contributed by atoms with Gasteiger partial charge in [-0.25, -0.2) is 9.48 Å². The molecule has 18 heavy (non-hydrogen) atoms. The molecule has 0 amide bonds. The van der Waals surface area contributed by atoms with Gasteiger partial charge in [0.1, 0.15) is 18.9 Å². The van der Waals surface area contributed by atoms with Crippen LogP contribution >= 0.6 is 0 Å². The third kappa shape index (κ3) is 2.83. The maximum absolute atomic E-state index is 10.9. The van der Waals surface area contributed by atoms with Crippen LogP contribution in [0.3, 0.4) is 0 Å². The first kappa shape index (κ1) is 12.5. The molecule has 0 spiro atoms. The summed E-state index contributed by atoms with van der Waals surface area (Å²) in [7, 11) is 0. The Kier molecular flexibility index (Phi) is 3.56. The first-order valence-electron chi connectivity index (χ1n) is 5.52. The molecule has 0 aliphatic carbocycles. The minimum atomic E-state index is -0.726. The van der Waals surface area contributed by atoms with Crippen LogP contribution < -0.4 is 5.82 Å². The molecule has 0 N–H and O–H groups in total. The van der Waals surface area contributed by atoms with E-state index < -0.39 is 5.82 Å². The summed E-state index contributed by atoms with van der Waals surface area (Å²) in [5.41, 5.74) is 0. The normalized spacial score (nSPS) is 11.3. The van der Waals surface area contributed by atoms with Crippen LogP contribution in [0.15, 0.2) is 13.6 Å². The van der Waals surface area contributed by atoms with Crippen molar-refractivity contribution < 1.29 is 13.6 Å². The molecule has 2 rings (SSSR count). The zero-order chi connectivity index (χ0) is 13.1. The van der Waals surface area contributed by atoms with E-state index in [2.05, 4.69) is 15.5 Å². The third-order valence-electron chi connectivity index (χ3n) is 2.28. The summed E-state index contributed by atoms with van der Waals surface area (Å²) < 4.78 is 16.6. The maximum Gasteiger partial charge on any atom is 0.519 e. The highest BCUT2D eigenvalue weighted by molar-refractivity contribution is 5.01. The highest BCUT2D eigenvalue weighted by Crippen LogP contribution is 2.08. The van der Waals surface area contributed by atoms with Crippen LogP contribution in [0.4, 0.5) is 0 Å². The lowest BCUT2D eigenvalue weighted by molar-refractivity contribution is 0.0589. The van der Waals surface area contributed by atoms with Gasteiger partial charge in [-0.3, -0.25) is 0 Å². The van der Waals surface area contributed by atoms with Crippen LogP contribution in [0.2, 0.25) is 0 Å². The molecule has 8 nitrogen and oxygen atoms in total. The van der Waals surface area contributed by atoms with E-state index in [1.165, 1.54) is 4.68 Å². The van der Waals surface area contributed by atoms with Crippen LogP contribution in [-0.2, 0) is 17.9 Å². The fourth-order valence-electron chi connectivity index (χ4n) is 1.35. The van der Waals surface area contributed by atoms with Crippen molar-refractivity contribution in [3.8, 4) is 0 Å². The lowest BCUT2D eigenvalue weighted by Crippen LogP contribution is -2.11. The van der Waals surface area contributed by atoms with Crippen molar-refractivity contribution in [2.24, 2.45) is 0 Å². The van der Waals surface area contributed by atoms with Crippen molar-refractivity contribution in [3.05, 3.63) is 28.0 Å². The zero-order valence-electron chi connectivity index (χ0n) is 10.4. The van der Waals surface area contributed by atoms with Crippen LogP contribution in [0.5, 0.6) is 0 Å². The van der Waals surface area contributed by atoms with Crippen molar-refractivity contribution in [3.63, 3.8) is 0 Å². The Morgan fingerprint density at radius 2 is 2.17 bits per heavy atom. The summed E-state index contributed by atoms with van der Waals surface area (Å²) in [4.78, 5) is 10.9. The van der Waals surface area contributed by atoms with Crippen LogP contribution in [0.25, 0.3) is 0 Å². The predicted molar refractivity (Wildman–Crippen MR) is 58.8 cm³/mol. The van der Waals surface area contributed by atoms with Gasteiger partial charge in [0.25, 0.3) is 0 Å². The Morgan fingerprint density at radius 1 is 1.39 bits per heavy atom. The van der Waals surface area contributed by atoms with Gasteiger partial charge in [-0.15, -0.1) is 5.10 Å². The van der Waals surface area contributed by atoms with E-state index in [1.54, 1.807) is 6.92 Å². The number of hydrogen-bond acceptors (Lipinski definition) is 7. The summed E-state index contributed by atoms with van der Waals surface area (Å²) in [5.74, 6) is 0.659. The number of ether oxygens (including phenoxy) is 1. The molecule has 0 saturated heterocycles. The second-order valence-electron chi connectivity index (χ2n) is 4.05. The Bertz CT molecular complexity index is 568. The van der Waals surface area contributed by atoms with E-state index >= 15 is 0 Å². The van der Waals surface area contributed by atoms with Gasteiger partial charge in [0.05, 0.1) is 6.10 Å². The highest BCUT2D eigenvalue weighted by Gasteiger charge is 2.13. The zero-order valence-corrected chi connectivity index (χ0v) is 10.4. The molecular weight excluding hydrogens is 240 g/mol. The maximum atomic E-state index is 10.9. The molecule has 8 heteroatoms. The smallest absolute Gasteiger partial charge is 0.396 e. The number of rotatable bonds is 5. The van der Waals surface area contributed by atoms with Crippen LogP contribution in [0.1, 0.15) is 31.2 Å². The molecule has 0 saturated carbocycles. The van der Waals surface area contributed by atoms with Gasteiger partial charge in [0, 0.05) is 0 Å². The van der Waals surface area contributed by atoms with E-state index in [0.29, 0.717) is 24.0 Å². The van der Waals surface area contributed by atoms with E-state index in [-0.39, 0.29) is 12.6 Å². The lowest BCUT2D eigenvalue weighted by Gasteiger charge is -2.06. The second-order valence-corrected chi connectivity index (χ2v) is 4.05. The Hall–Kier alpha value is -1.96. The van der Waals surface area contributed by atoms with E-state index in [1.807, 2.05) is 13.8 Å². The molecule has 0 aromatic carbocycles. The van der Waals surface area contributed by atoms with E-state index in [9.17, 15) is 4.79 Å². The molecule has 2 aromatic heterocycles. The lowest BCUT2D eigenvalue weighted by atomic mass is 10.4. The Labute approximate surface area is 103 Å². The van der Waals surface area contributed by atoms with Crippen molar-refractivity contribution >= 4 is 0 Å². The molecule has 0 aliphatic rings. The molecule has 0 radical (unpaired) electrons. The van der Waals surface area contributed by atoms with Gasteiger partial charge < -0.3 is 13.6 Å². The fourth-order valence-corrected chi connectivity index (χ4v) is 1.35. The SMILES string of the molecule is Cc1oc(=O)oc1Cn1nnnc1COC(C)C. The molecule has 0 fully saturated rings. The Balaban J connectivity index is 2.12. The predicted octanol–water partition coefficient (Wildman–Crippen LogP) is 0.501. The molecule has 0 aliphatic heterocycles.